The lowest BCUT2D eigenvalue weighted by Gasteiger charge is -2.20. The van der Waals surface area contributed by atoms with E-state index in [9.17, 15) is 24.0 Å². The summed E-state index contributed by atoms with van der Waals surface area (Å²) in [6.07, 6.45) is -2.03. The SMILES string of the molecule is CC(C)(C)OC(=O)NNc1ccc(C(=O)OC(=N)CCC(=O)OC(=O)c2ccc(NNC(=O)OC(C)(C)C)cc2)cc1. The van der Waals surface area contributed by atoms with E-state index in [2.05, 4.69) is 21.7 Å². The zero-order valence-corrected chi connectivity index (χ0v) is 24.2. The van der Waals surface area contributed by atoms with Gasteiger partial charge in [-0.2, -0.15) is 0 Å². The molecule has 0 aliphatic rings. The summed E-state index contributed by atoms with van der Waals surface area (Å²) in [4.78, 5) is 60.0. The predicted octanol–water partition coefficient (Wildman–Crippen LogP) is 4.69. The summed E-state index contributed by atoms with van der Waals surface area (Å²) >= 11 is 0. The van der Waals surface area contributed by atoms with Gasteiger partial charge in [-0.25, -0.2) is 30.0 Å². The Labute approximate surface area is 242 Å². The molecular weight excluding hydrogens is 550 g/mol. The summed E-state index contributed by atoms with van der Waals surface area (Å²) < 4.78 is 19.9. The fourth-order valence-electron chi connectivity index (χ4n) is 2.88. The Morgan fingerprint density at radius 3 is 1.38 bits per heavy atom. The lowest BCUT2D eigenvalue weighted by atomic mass is 10.2. The van der Waals surface area contributed by atoms with Crippen LogP contribution in [0.4, 0.5) is 21.0 Å². The number of ether oxygens (including phenoxy) is 4. The number of carbonyl (C=O) groups is 5. The Bertz CT molecular complexity index is 1190. The van der Waals surface area contributed by atoms with Crippen LogP contribution in [-0.2, 0) is 23.7 Å². The van der Waals surface area contributed by atoms with Gasteiger partial charge in [0.25, 0.3) is 0 Å². The number of amides is 2. The van der Waals surface area contributed by atoms with E-state index in [1.165, 1.54) is 48.5 Å². The van der Waals surface area contributed by atoms with Crippen LogP contribution in [0.25, 0.3) is 0 Å². The van der Waals surface area contributed by atoms with Crippen molar-refractivity contribution < 1.29 is 42.9 Å². The van der Waals surface area contributed by atoms with E-state index < -0.39 is 47.2 Å². The zero-order chi connectivity index (χ0) is 31.5. The van der Waals surface area contributed by atoms with Crippen molar-refractivity contribution in [2.24, 2.45) is 0 Å². The topological polar surface area (TPSA) is 194 Å². The van der Waals surface area contributed by atoms with E-state index in [1.807, 2.05) is 0 Å². The highest BCUT2D eigenvalue weighted by Crippen LogP contribution is 2.13. The average molecular weight is 586 g/mol. The van der Waals surface area contributed by atoms with Crippen LogP contribution < -0.4 is 21.7 Å². The molecule has 0 spiro atoms. The van der Waals surface area contributed by atoms with Gasteiger partial charge in [0.1, 0.15) is 11.2 Å². The molecule has 0 fully saturated rings. The molecule has 42 heavy (non-hydrogen) atoms. The minimum absolute atomic E-state index is 0.0758. The number of esters is 3. The molecule has 0 aliphatic heterocycles. The first-order valence-electron chi connectivity index (χ1n) is 12.8. The number of anilines is 2. The van der Waals surface area contributed by atoms with Crippen LogP contribution in [0.5, 0.6) is 0 Å². The molecule has 0 atom stereocenters. The van der Waals surface area contributed by atoms with E-state index in [0.29, 0.717) is 11.4 Å². The van der Waals surface area contributed by atoms with Gasteiger partial charge in [-0.3, -0.25) is 21.1 Å². The summed E-state index contributed by atoms with van der Waals surface area (Å²) in [6, 6.07) is 11.6. The molecule has 2 aromatic carbocycles. The average Bonchev–Trinajstić information content (AvgIpc) is 2.88. The molecule has 2 rings (SSSR count). The van der Waals surface area contributed by atoms with Crippen molar-refractivity contribution in [3.8, 4) is 0 Å². The van der Waals surface area contributed by atoms with Gasteiger partial charge in [-0.1, -0.05) is 0 Å². The Kier molecular flexibility index (Phi) is 11.4. The molecule has 0 saturated heterocycles. The summed E-state index contributed by atoms with van der Waals surface area (Å²) in [6.45, 7) is 10.3. The van der Waals surface area contributed by atoms with Crippen molar-refractivity contribution in [1.29, 1.82) is 5.41 Å². The van der Waals surface area contributed by atoms with Crippen LogP contribution >= 0.6 is 0 Å². The summed E-state index contributed by atoms with van der Waals surface area (Å²) in [7, 11) is 0. The molecule has 0 radical (unpaired) electrons. The molecule has 0 unspecified atom stereocenters. The molecule has 14 heteroatoms. The first-order chi connectivity index (χ1) is 19.5. The second-order valence-corrected chi connectivity index (χ2v) is 10.7. The third-order valence-corrected chi connectivity index (χ3v) is 4.64. The Morgan fingerprint density at radius 2 is 1.00 bits per heavy atom. The van der Waals surface area contributed by atoms with E-state index >= 15 is 0 Å². The zero-order valence-electron chi connectivity index (χ0n) is 24.2. The third kappa shape index (κ3) is 12.8. The van der Waals surface area contributed by atoms with Crippen molar-refractivity contribution in [2.75, 3.05) is 10.9 Å². The largest absolute Gasteiger partial charge is 0.443 e. The maximum atomic E-state index is 12.3. The molecule has 5 N–H and O–H groups in total. The molecule has 14 nitrogen and oxygen atoms in total. The first kappa shape index (κ1) is 33.1. The van der Waals surface area contributed by atoms with Crippen molar-refractivity contribution in [3.63, 3.8) is 0 Å². The molecule has 2 aromatic rings. The molecule has 0 aromatic heterocycles. The maximum Gasteiger partial charge on any atom is 0.426 e. The van der Waals surface area contributed by atoms with Gasteiger partial charge in [0.15, 0.2) is 5.90 Å². The number of hydrazine groups is 2. The van der Waals surface area contributed by atoms with E-state index in [-0.39, 0.29) is 24.0 Å². The van der Waals surface area contributed by atoms with E-state index in [4.69, 9.17) is 24.4 Å². The highest BCUT2D eigenvalue weighted by atomic mass is 16.6. The summed E-state index contributed by atoms with van der Waals surface area (Å²) in [5.74, 6) is -3.15. The third-order valence-electron chi connectivity index (χ3n) is 4.64. The fourth-order valence-corrected chi connectivity index (χ4v) is 2.88. The molecule has 0 heterocycles. The van der Waals surface area contributed by atoms with Crippen molar-refractivity contribution in [3.05, 3.63) is 59.7 Å². The van der Waals surface area contributed by atoms with Gasteiger partial charge in [-0.05, 0) is 90.1 Å². The molecule has 2 amide bonds. The molecular formula is C28H35N5O9. The standard InChI is InChI=1S/C28H35N5O9/c1-27(2,3)41-25(37)32-30-19-11-7-17(8-12-19)23(35)39-21(29)15-16-22(34)40-24(36)18-9-13-20(14-10-18)31-33-26(38)42-28(4,5)6/h7-14,29-31H,15-16H2,1-6H3,(H,32,37)(H,33,38). The number of hydrogen-bond donors (Lipinski definition) is 5. The lowest BCUT2D eigenvalue weighted by molar-refractivity contribution is -0.137. The quantitative estimate of drug-likeness (QED) is 0.0684. The van der Waals surface area contributed by atoms with Gasteiger partial charge in [0.2, 0.25) is 0 Å². The van der Waals surface area contributed by atoms with Gasteiger partial charge in [0, 0.05) is 6.42 Å². The van der Waals surface area contributed by atoms with Crippen LogP contribution in [0.2, 0.25) is 0 Å². The number of benzene rings is 2. The van der Waals surface area contributed by atoms with E-state index in [1.54, 1.807) is 41.5 Å². The monoisotopic (exact) mass is 585 g/mol. The normalized spacial score (nSPS) is 10.9. The highest BCUT2D eigenvalue weighted by Gasteiger charge is 2.18. The Hall–Kier alpha value is -5.14. The number of carbonyl (C=O) groups excluding carboxylic acids is 5. The van der Waals surface area contributed by atoms with Crippen LogP contribution in [0, 0.1) is 5.41 Å². The van der Waals surface area contributed by atoms with Gasteiger partial charge in [0.05, 0.1) is 28.9 Å². The van der Waals surface area contributed by atoms with Crippen LogP contribution in [0.3, 0.4) is 0 Å². The molecule has 0 bridgehead atoms. The highest BCUT2D eigenvalue weighted by molar-refractivity contribution is 6.00. The Balaban J connectivity index is 1.73. The van der Waals surface area contributed by atoms with Crippen LogP contribution in [0.15, 0.2) is 48.5 Å². The summed E-state index contributed by atoms with van der Waals surface area (Å²) in [5, 5.41) is 7.82. The van der Waals surface area contributed by atoms with E-state index in [0.717, 1.165) is 0 Å². The van der Waals surface area contributed by atoms with Crippen molar-refractivity contribution >= 4 is 47.4 Å². The predicted molar refractivity (Wildman–Crippen MR) is 152 cm³/mol. The smallest absolute Gasteiger partial charge is 0.426 e. The second-order valence-electron chi connectivity index (χ2n) is 10.7. The minimum atomic E-state index is -0.914. The Morgan fingerprint density at radius 1 is 0.619 bits per heavy atom. The van der Waals surface area contributed by atoms with Crippen LogP contribution in [0.1, 0.15) is 75.1 Å². The fraction of sp³-hybridized carbons (Fsp3) is 0.357. The van der Waals surface area contributed by atoms with Crippen molar-refractivity contribution in [1.82, 2.24) is 10.9 Å². The number of nitrogens with one attached hydrogen (secondary N) is 5. The maximum absolute atomic E-state index is 12.3. The molecule has 0 saturated carbocycles. The van der Waals surface area contributed by atoms with Gasteiger partial charge in [-0.15, -0.1) is 0 Å². The molecule has 226 valence electrons. The molecule has 0 aliphatic carbocycles. The van der Waals surface area contributed by atoms with Gasteiger partial charge < -0.3 is 18.9 Å². The lowest BCUT2D eigenvalue weighted by Crippen LogP contribution is -2.35. The number of rotatable bonds is 9. The second kappa shape index (κ2) is 14.5. The summed E-state index contributed by atoms with van der Waals surface area (Å²) in [5.41, 5.74) is 9.74. The van der Waals surface area contributed by atoms with Gasteiger partial charge >= 0.3 is 30.1 Å². The number of hydrogen-bond acceptors (Lipinski definition) is 12. The van der Waals surface area contributed by atoms with Crippen molar-refractivity contribution in [2.45, 2.75) is 65.6 Å². The first-order valence-corrected chi connectivity index (χ1v) is 12.8. The minimum Gasteiger partial charge on any atom is -0.443 e. The van der Waals surface area contributed by atoms with Crippen LogP contribution in [-0.4, -0.2) is 47.2 Å².